The largest absolute Gasteiger partial charge is 0.495 e. The van der Waals surface area contributed by atoms with E-state index in [1.807, 2.05) is 18.2 Å². The van der Waals surface area contributed by atoms with Crippen LogP contribution in [0.4, 0.5) is 17.1 Å². The number of nitrogens with zero attached hydrogens (tertiary/aromatic N) is 1. The van der Waals surface area contributed by atoms with Crippen LogP contribution in [0.25, 0.3) is 0 Å². The zero-order valence-corrected chi connectivity index (χ0v) is 14.3. The second-order valence-corrected chi connectivity index (χ2v) is 6.13. The molecule has 3 rings (SSSR count). The minimum absolute atomic E-state index is 0.0106. The summed E-state index contributed by atoms with van der Waals surface area (Å²) in [7, 11) is 1.58. The molecule has 24 heavy (non-hydrogen) atoms. The number of carbonyl (C=O) groups excluding carboxylic acids is 1. The van der Waals surface area contributed by atoms with Gasteiger partial charge >= 0.3 is 0 Å². The highest BCUT2D eigenvalue weighted by atomic mass is 35.5. The number of nitrogen functional groups attached to an aromatic ring is 1. The van der Waals surface area contributed by atoms with Crippen LogP contribution in [0.2, 0.25) is 5.02 Å². The number of anilines is 3. The molecule has 0 spiro atoms. The first-order chi connectivity index (χ1) is 11.6. The van der Waals surface area contributed by atoms with Crippen molar-refractivity contribution in [2.75, 3.05) is 36.1 Å². The molecule has 0 saturated heterocycles. The Labute approximate surface area is 146 Å². The number of halogens is 1. The zero-order valence-electron chi connectivity index (χ0n) is 13.5. The van der Waals surface area contributed by atoms with E-state index in [1.54, 1.807) is 30.2 Å². The predicted octanol–water partition coefficient (Wildman–Crippen LogP) is 3.32. The van der Waals surface area contributed by atoms with E-state index in [0.717, 1.165) is 29.8 Å². The molecule has 126 valence electrons. The average molecular weight is 346 g/mol. The molecule has 0 saturated carbocycles. The lowest BCUT2D eigenvalue weighted by Crippen LogP contribution is -2.39. The molecule has 0 bridgehead atoms. The Balaban J connectivity index is 1.75. The number of ether oxygens (including phenoxy) is 1. The van der Waals surface area contributed by atoms with Gasteiger partial charge < -0.3 is 20.7 Å². The van der Waals surface area contributed by atoms with E-state index in [-0.39, 0.29) is 12.5 Å². The van der Waals surface area contributed by atoms with Gasteiger partial charge in [0.2, 0.25) is 5.91 Å². The Hall–Kier alpha value is -2.40. The summed E-state index contributed by atoms with van der Waals surface area (Å²) in [6.07, 6.45) is 1.81. The highest BCUT2D eigenvalue weighted by molar-refractivity contribution is 6.31. The maximum atomic E-state index is 12.7. The van der Waals surface area contributed by atoms with Gasteiger partial charge in [0.15, 0.2) is 0 Å². The van der Waals surface area contributed by atoms with Gasteiger partial charge in [0.25, 0.3) is 0 Å². The van der Waals surface area contributed by atoms with Crippen LogP contribution in [-0.4, -0.2) is 26.1 Å². The smallest absolute Gasteiger partial charge is 0.246 e. The van der Waals surface area contributed by atoms with E-state index in [4.69, 9.17) is 22.1 Å². The fourth-order valence-corrected chi connectivity index (χ4v) is 3.17. The van der Waals surface area contributed by atoms with Crippen molar-refractivity contribution >= 4 is 34.6 Å². The van der Waals surface area contributed by atoms with Crippen molar-refractivity contribution in [3.05, 3.63) is 47.0 Å². The Morgan fingerprint density at radius 1 is 1.38 bits per heavy atom. The summed E-state index contributed by atoms with van der Waals surface area (Å²) in [6.45, 7) is 0.856. The summed E-state index contributed by atoms with van der Waals surface area (Å²) in [5.41, 5.74) is 9.44. The van der Waals surface area contributed by atoms with Gasteiger partial charge in [0.1, 0.15) is 5.75 Å². The van der Waals surface area contributed by atoms with Crippen molar-refractivity contribution in [1.82, 2.24) is 0 Å². The van der Waals surface area contributed by atoms with Crippen molar-refractivity contribution in [2.24, 2.45) is 0 Å². The average Bonchev–Trinajstić information content (AvgIpc) is 2.60. The number of fused-ring (bicyclic) bond motifs is 1. The Kier molecular flexibility index (Phi) is 4.81. The lowest BCUT2D eigenvalue weighted by Gasteiger charge is -2.30. The summed E-state index contributed by atoms with van der Waals surface area (Å²) in [6, 6.07) is 11.0. The van der Waals surface area contributed by atoms with Gasteiger partial charge in [-0.2, -0.15) is 0 Å². The van der Waals surface area contributed by atoms with Crippen LogP contribution < -0.4 is 20.7 Å². The number of hydrogen-bond acceptors (Lipinski definition) is 4. The third-order valence-electron chi connectivity index (χ3n) is 4.18. The van der Waals surface area contributed by atoms with E-state index in [0.29, 0.717) is 23.0 Å². The third-order valence-corrected chi connectivity index (χ3v) is 4.41. The Morgan fingerprint density at radius 2 is 2.21 bits per heavy atom. The number of methoxy groups -OCH3 is 1. The summed E-state index contributed by atoms with van der Waals surface area (Å²) in [5.74, 6) is 0.638. The summed E-state index contributed by atoms with van der Waals surface area (Å²) < 4.78 is 5.29. The fraction of sp³-hybridized carbons (Fsp3) is 0.278. The summed E-state index contributed by atoms with van der Waals surface area (Å²) in [5, 5.41) is 3.70. The van der Waals surface area contributed by atoms with Crippen LogP contribution in [0, 0.1) is 0 Å². The first-order valence-corrected chi connectivity index (χ1v) is 8.23. The molecule has 0 radical (unpaired) electrons. The minimum atomic E-state index is -0.0106. The monoisotopic (exact) mass is 345 g/mol. The number of hydrogen-bond donors (Lipinski definition) is 2. The highest BCUT2D eigenvalue weighted by Crippen LogP contribution is 2.32. The molecule has 0 atom stereocenters. The van der Waals surface area contributed by atoms with Crippen molar-refractivity contribution in [2.45, 2.75) is 12.8 Å². The maximum Gasteiger partial charge on any atom is 0.246 e. The highest BCUT2D eigenvalue weighted by Gasteiger charge is 2.23. The van der Waals surface area contributed by atoms with Crippen molar-refractivity contribution in [3.63, 3.8) is 0 Å². The number of amides is 1. The fourth-order valence-electron chi connectivity index (χ4n) is 3.00. The first kappa shape index (κ1) is 16.5. The SMILES string of the molecule is COc1ccc(Cl)cc1NCC(=O)N1CCCc2c(N)cccc21. The molecule has 0 aromatic heterocycles. The van der Waals surface area contributed by atoms with Gasteiger partial charge in [-0.25, -0.2) is 0 Å². The molecule has 2 aromatic rings. The third kappa shape index (κ3) is 3.26. The molecule has 2 aromatic carbocycles. The molecular weight excluding hydrogens is 326 g/mol. The molecule has 3 N–H and O–H groups in total. The van der Waals surface area contributed by atoms with Gasteiger partial charge in [0.05, 0.1) is 19.3 Å². The van der Waals surface area contributed by atoms with Crippen LogP contribution in [0.1, 0.15) is 12.0 Å². The number of carbonyl (C=O) groups is 1. The second-order valence-electron chi connectivity index (χ2n) is 5.69. The molecular formula is C18H20ClN3O2. The molecule has 5 nitrogen and oxygen atoms in total. The molecule has 1 aliphatic rings. The van der Waals surface area contributed by atoms with Crippen LogP contribution in [0.5, 0.6) is 5.75 Å². The van der Waals surface area contributed by atoms with Gasteiger partial charge in [0, 0.05) is 22.9 Å². The number of nitrogens with two attached hydrogens (primary N) is 1. The van der Waals surface area contributed by atoms with Gasteiger partial charge in [-0.3, -0.25) is 4.79 Å². The summed E-state index contributed by atoms with van der Waals surface area (Å²) in [4.78, 5) is 14.5. The molecule has 1 amide bonds. The predicted molar refractivity (Wildman–Crippen MR) is 98.0 cm³/mol. The lowest BCUT2D eigenvalue weighted by atomic mass is 10.00. The Morgan fingerprint density at radius 3 is 3.00 bits per heavy atom. The quantitative estimate of drug-likeness (QED) is 0.834. The van der Waals surface area contributed by atoms with Gasteiger partial charge in [-0.15, -0.1) is 0 Å². The molecule has 0 fully saturated rings. The molecule has 6 heteroatoms. The zero-order chi connectivity index (χ0) is 17.1. The van der Waals surface area contributed by atoms with Crippen LogP contribution in [0.3, 0.4) is 0 Å². The number of benzene rings is 2. The summed E-state index contributed by atoms with van der Waals surface area (Å²) >= 11 is 6.02. The van der Waals surface area contributed by atoms with Crippen LogP contribution in [-0.2, 0) is 11.2 Å². The van der Waals surface area contributed by atoms with Crippen molar-refractivity contribution in [3.8, 4) is 5.75 Å². The second kappa shape index (κ2) is 7.01. The van der Waals surface area contributed by atoms with Crippen molar-refractivity contribution in [1.29, 1.82) is 0 Å². The standard InChI is InChI=1S/C18H20ClN3O2/c1-24-17-8-7-12(19)10-15(17)21-11-18(23)22-9-3-4-13-14(20)5-2-6-16(13)22/h2,5-8,10,21H,3-4,9,11,20H2,1H3. The van der Waals surface area contributed by atoms with Gasteiger partial charge in [-0.1, -0.05) is 17.7 Å². The van der Waals surface area contributed by atoms with Crippen molar-refractivity contribution < 1.29 is 9.53 Å². The molecule has 0 aliphatic carbocycles. The topological polar surface area (TPSA) is 67.6 Å². The van der Waals surface area contributed by atoms with Gasteiger partial charge in [-0.05, 0) is 48.7 Å². The van der Waals surface area contributed by atoms with E-state index < -0.39 is 0 Å². The molecule has 1 heterocycles. The van der Waals surface area contributed by atoms with E-state index >= 15 is 0 Å². The first-order valence-electron chi connectivity index (χ1n) is 7.85. The number of nitrogens with one attached hydrogen (secondary N) is 1. The lowest BCUT2D eigenvalue weighted by molar-refractivity contribution is -0.117. The molecule has 0 unspecified atom stereocenters. The van der Waals surface area contributed by atoms with Crippen LogP contribution >= 0.6 is 11.6 Å². The van der Waals surface area contributed by atoms with Crippen LogP contribution in [0.15, 0.2) is 36.4 Å². The normalized spacial score (nSPS) is 13.3. The van der Waals surface area contributed by atoms with E-state index in [9.17, 15) is 4.79 Å². The van der Waals surface area contributed by atoms with E-state index in [2.05, 4.69) is 5.32 Å². The Bertz CT molecular complexity index is 764. The number of rotatable bonds is 4. The minimum Gasteiger partial charge on any atom is -0.495 e. The molecule has 1 aliphatic heterocycles. The van der Waals surface area contributed by atoms with E-state index in [1.165, 1.54) is 0 Å². The maximum absolute atomic E-state index is 12.7.